The Morgan fingerprint density at radius 2 is 1.92 bits per heavy atom. The molecule has 1 amide bonds. The number of carbonyl (C=O) groups is 1. The van der Waals surface area contributed by atoms with Gasteiger partial charge in [0.1, 0.15) is 11.2 Å². The van der Waals surface area contributed by atoms with Crippen LogP contribution in [-0.2, 0) is 10.2 Å². The third kappa shape index (κ3) is 1.92. The van der Waals surface area contributed by atoms with Crippen molar-refractivity contribution < 1.29 is 18.7 Å². The van der Waals surface area contributed by atoms with Crippen molar-refractivity contribution in [3.05, 3.63) is 70.6 Å². The highest BCUT2D eigenvalue weighted by atomic mass is 32.2. The summed E-state index contributed by atoms with van der Waals surface area (Å²) in [5.74, 6) is -1.88. The number of aromatic hydroxyl groups is 1. The van der Waals surface area contributed by atoms with Crippen LogP contribution in [0.3, 0.4) is 0 Å². The highest BCUT2D eigenvalue weighted by molar-refractivity contribution is 8.02. The maximum absolute atomic E-state index is 14.2. The predicted octanol–water partition coefficient (Wildman–Crippen LogP) is 3.79. The molecule has 24 heavy (non-hydrogen) atoms. The molecule has 0 bridgehead atoms. The molecule has 2 aromatic carbocycles. The Labute approximate surface area is 141 Å². The lowest BCUT2D eigenvalue weighted by molar-refractivity contribution is -0.120. The summed E-state index contributed by atoms with van der Waals surface area (Å²) in [6.07, 6.45) is 1.92. The summed E-state index contributed by atoms with van der Waals surface area (Å²) >= 11 is 1.57. The summed E-state index contributed by atoms with van der Waals surface area (Å²) in [4.78, 5) is 13.0. The SMILES string of the molecule is O=C1Nc2c(ccc(F)c2F)C1(c1ccc(O)cc1)C1C=CSC1. The van der Waals surface area contributed by atoms with Gasteiger partial charge in [-0.3, -0.25) is 4.79 Å². The summed E-state index contributed by atoms with van der Waals surface area (Å²) in [5.41, 5.74) is -0.176. The number of fused-ring (bicyclic) bond motifs is 1. The van der Waals surface area contributed by atoms with Crippen LogP contribution in [0.4, 0.5) is 14.5 Å². The zero-order valence-corrected chi connectivity index (χ0v) is 13.2. The molecular formula is C18H13F2NO2S. The lowest BCUT2D eigenvalue weighted by Crippen LogP contribution is -2.42. The first kappa shape index (κ1) is 15.2. The highest BCUT2D eigenvalue weighted by Crippen LogP contribution is 2.51. The Kier molecular flexibility index (Phi) is 3.38. The van der Waals surface area contributed by atoms with Crippen molar-refractivity contribution in [3.8, 4) is 5.75 Å². The number of phenols is 1. The van der Waals surface area contributed by atoms with Crippen LogP contribution in [-0.4, -0.2) is 16.8 Å². The number of rotatable bonds is 2. The zero-order chi connectivity index (χ0) is 16.9. The van der Waals surface area contributed by atoms with Crippen molar-refractivity contribution in [1.82, 2.24) is 0 Å². The molecule has 2 N–H and O–H groups in total. The fourth-order valence-electron chi connectivity index (χ4n) is 3.56. The van der Waals surface area contributed by atoms with E-state index in [9.17, 15) is 18.7 Å². The van der Waals surface area contributed by atoms with Gasteiger partial charge in [0.2, 0.25) is 5.91 Å². The van der Waals surface area contributed by atoms with Crippen LogP contribution in [0.5, 0.6) is 5.75 Å². The first-order chi connectivity index (χ1) is 11.5. The molecule has 0 radical (unpaired) electrons. The Bertz CT molecular complexity index is 866. The maximum atomic E-state index is 14.2. The second-order valence-corrected chi connectivity index (χ2v) is 6.80. The second-order valence-electron chi connectivity index (χ2n) is 5.86. The minimum atomic E-state index is -1.14. The summed E-state index contributed by atoms with van der Waals surface area (Å²) in [6.45, 7) is 0. The standard InChI is InChI=1S/C18H13F2NO2S/c19-14-6-5-13-16(15(14)20)21-17(23)18(13,11-7-8-24-9-11)10-1-3-12(22)4-2-10/h1-8,11,22H,9H2,(H,21,23). The van der Waals surface area contributed by atoms with Crippen molar-refractivity contribution in [3.63, 3.8) is 0 Å². The third-order valence-corrected chi connectivity index (χ3v) is 5.58. The van der Waals surface area contributed by atoms with E-state index in [0.717, 1.165) is 6.07 Å². The van der Waals surface area contributed by atoms with E-state index in [0.29, 0.717) is 16.9 Å². The summed E-state index contributed by atoms with van der Waals surface area (Å²) in [7, 11) is 0. The van der Waals surface area contributed by atoms with E-state index in [1.54, 1.807) is 23.9 Å². The fraction of sp³-hybridized carbons (Fsp3) is 0.167. The third-order valence-electron chi connectivity index (χ3n) is 4.68. The lowest BCUT2D eigenvalue weighted by Gasteiger charge is -2.33. The number of carbonyl (C=O) groups excluding carboxylic acids is 1. The van der Waals surface area contributed by atoms with E-state index in [1.807, 2.05) is 11.5 Å². The number of halogens is 2. The van der Waals surface area contributed by atoms with Gasteiger partial charge in [0.25, 0.3) is 0 Å². The van der Waals surface area contributed by atoms with Gasteiger partial charge in [0.05, 0.1) is 5.69 Å². The number of thioether (sulfide) groups is 1. The van der Waals surface area contributed by atoms with Gasteiger partial charge in [0, 0.05) is 11.7 Å². The Morgan fingerprint density at radius 3 is 2.58 bits per heavy atom. The predicted molar refractivity (Wildman–Crippen MR) is 89.0 cm³/mol. The monoisotopic (exact) mass is 345 g/mol. The van der Waals surface area contributed by atoms with E-state index >= 15 is 0 Å². The number of amides is 1. The number of allylic oxidation sites excluding steroid dienone is 1. The number of hydrogen-bond acceptors (Lipinski definition) is 3. The van der Waals surface area contributed by atoms with Crippen molar-refractivity contribution in [2.45, 2.75) is 5.41 Å². The smallest absolute Gasteiger partial charge is 0.240 e. The molecule has 2 heterocycles. The average molecular weight is 345 g/mol. The number of anilines is 1. The van der Waals surface area contributed by atoms with Gasteiger partial charge in [-0.2, -0.15) is 0 Å². The molecule has 2 aliphatic heterocycles. The fourth-order valence-corrected chi connectivity index (χ4v) is 4.54. The van der Waals surface area contributed by atoms with E-state index in [1.165, 1.54) is 18.2 Å². The topological polar surface area (TPSA) is 49.3 Å². The Hall–Kier alpha value is -2.34. The summed E-state index contributed by atoms with van der Waals surface area (Å²) in [6, 6.07) is 8.82. The molecule has 122 valence electrons. The summed E-state index contributed by atoms with van der Waals surface area (Å²) < 4.78 is 27.8. The highest BCUT2D eigenvalue weighted by Gasteiger charge is 2.54. The molecule has 0 saturated heterocycles. The van der Waals surface area contributed by atoms with E-state index < -0.39 is 17.0 Å². The molecule has 0 saturated carbocycles. The average Bonchev–Trinajstić information content (AvgIpc) is 3.19. The largest absolute Gasteiger partial charge is 0.508 e. The van der Waals surface area contributed by atoms with Gasteiger partial charge in [-0.15, -0.1) is 11.8 Å². The van der Waals surface area contributed by atoms with Crippen LogP contribution >= 0.6 is 11.8 Å². The van der Waals surface area contributed by atoms with Crippen molar-refractivity contribution in [2.24, 2.45) is 5.92 Å². The Balaban J connectivity index is 2.02. The van der Waals surface area contributed by atoms with Crippen LogP contribution in [0.1, 0.15) is 11.1 Å². The van der Waals surface area contributed by atoms with Crippen LogP contribution in [0.15, 0.2) is 47.9 Å². The normalized spacial score (nSPS) is 24.9. The van der Waals surface area contributed by atoms with Crippen molar-refractivity contribution in [2.75, 3.05) is 11.1 Å². The van der Waals surface area contributed by atoms with Crippen molar-refractivity contribution in [1.29, 1.82) is 0 Å². The van der Waals surface area contributed by atoms with Crippen LogP contribution < -0.4 is 5.32 Å². The van der Waals surface area contributed by atoms with Crippen LogP contribution in [0.2, 0.25) is 0 Å². The minimum Gasteiger partial charge on any atom is -0.508 e. The molecule has 3 nitrogen and oxygen atoms in total. The molecule has 0 aliphatic carbocycles. The molecule has 0 fully saturated rings. The van der Waals surface area contributed by atoms with Crippen molar-refractivity contribution >= 4 is 23.4 Å². The molecule has 4 rings (SSSR count). The van der Waals surface area contributed by atoms with Gasteiger partial charge in [-0.05, 0) is 34.7 Å². The van der Waals surface area contributed by atoms with Gasteiger partial charge >= 0.3 is 0 Å². The first-order valence-corrected chi connectivity index (χ1v) is 8.47. The number of nitrogens with one attached hydrogen (secondary N) is 1. The maximum Gasteiger partial charge on any atom is 0.240 e. The molecule has 2 atom stereocenters. The van der Waals surface area contributed by atoms with Gasteiger partial charge < -0.3 is 10.4 Å². The van der Waals surface area contributed by atoms with Gasteiger partial charge in [-0.25, -0.2) is 8.78 Å². The summed E-state index contributed by atoms with van der Waals surface area (Å²) in [5, 5.41) is 14.0. The molecule has 6 heteroatoms. The van der Waals surface area contributed by atoms with Gasteiger partial charge in [0.15, 0.2) is 11.6 Å². The lowest BCUT2D eigenvalue weighted by atomic mass is 9.67. The van der Waals surface area contributed by atoms with E-state index in [4.69, 9.17) is 0 Å². The first-order valence-electron chi connectivity index (χ1n) is 7.43. The molecule has 2 aromatic rings. The molecule has 2 unspecified atom stereocenters. The van der Waals surface area contributed by atoms with E-state index in [-0.39, 0.29) is 23.3 Å². The molecular weight excluding hydrogens is 332 g/mol. The molecule has 2 aliphatic rings. The zero-order valence-electron chi connectivity index (χ0n) is 12.4. The number of phenolic OH excluding ortho intramolecular Hbond substituents is 1. The second kappa shape index (κ2) is 5.34. The number of hydrogen-bond donors (Lipinski definition) is 2. The van der Waals surface area contributed by atoms with Crippen LogP contribution in [0, 0.1) is 17.6 Å². The minimum absolute atomic E-state index is 0.0779. The quantitative estimate of drug-likeness (QED) is 0.871. The van der Waals surface area contributed by atoms with E-state index in [2.05, 4.69) is 5.32 Å². The Morgan fingerprint density at radius 1 is 1.17 bits per heavy atom. The molecule has 0 spiro atoms. The van der Waals surface area contributed by atoms with Gasteiger partial charge in [-0.1, -0.05) is 24.3 Å². The number of benzene rings is 2. The molecule has 0 aromatic heterocycles. The van der Waals surface area contributed by atoms with Crippen LogP contribution in [0.25, 0.3) is 0 Å².